The fourth-order valence-corrected chi connectivity index (χ4v) is 2.20. The predicted octanol–water partition coefficient (Wildman–Crippen LogP) is 2.03. The zero-order chi connectivity index (χ0) is 19.2. The number of benzene rings is 1. The van der Waals surface area contributed by atoms with Gasteiger partial charge in [-0.15, -0.1) is 0 Å². The summed E-state index contributed by atoms with van der Waals surface area (Å²) >= 11 is 0. The van der Waals surface area contributed by atoms with Gasteiger partial charge in [0, 0.05) is 38.8 Å². The zero-order valence-electron chi connectivity index (χ0n) is 16.3. The van der Waals surface area contributed by atoms with Gasteiger partial charge in [-0.3, -0.25) is 4.79 Å². The summed E-state index contributed by atoms with van der Waals surface area (Å²) in [4.78, 5) is 15.8. The minimum atomic E-state index is -0.251. The summed E-state index contributed by atoms with van der Waals surface area (Å²) in [5.41, 5.74) is 2.15. The lowest BCUT2D eigenvalue weighted by Gasteiger charge is -2.13. The van der Waals surface area contributed by atoms with E-state index in [0.29, 0.717) is 38.7 Å². The van der Waals surface area contributed by atoms with Crippen LogP contribution in [0.4, 0.5) is 0 Å². The second kappa shape index (κ2) is 13.0. The highest BCUT2D eigenvalue weighted by atomic mass is 16.5. The molecule has 0 aliphatic carbocycles. The van der Waals surface area contributed by atoms with Gasteiger partial charge in [0.15, 0.2) is 5.96 Å². The number of esters is 1. The van der Waals surface area contributed by atoms with Crippen molar-refractivity contribution in [3.63, 3.8) is 0 Å². The number of carbonyl (C=O) groups is 1. The van der Waals surface area contributed by atoms with Crippen LogP contribution in [0.15, 0.2) is 23.2 Å². The van der Waals surface area contributed by atoms with Crippen LogP contribution < -0.4 is 15.4 Å². The number of ether oxygens (including phenoxy) is 3. The largest absolute Gasteiger partial charge is 0.493 e. The van der Waals surface area contributed by atoms with Crippen LogP contribution >= 0.6 is 0 Å². The molecule has 0 unspecified atom stereocenters. The van der Waals surface area contributed by atoms with Crippen molar-refractivity contribution < 1.29 is 19.0 Å². The van der Waals surface area contributed by atoms with Crippen LogP contribution in [0.25, 0.3) is 0 Å². The highest BCUT2D eigenvalue weighted by Gasteiger charge is 2.06. The van der Waals surface area contributed by atoms with Gasteiger partial charge in [-0.2, -0.15) is 0 Å². The van der Waals surface area contributed by atoms with Gasteiger partial charge in [0.25, 0.3) is 0 Å². The molecular formula is C19H31N3O4. The smallest absolute Gasteiger partial charge is 0.307 e. The van der Waals surface area contributed by atoms with Gasteiger partial charge >= 0.3 is 5.97 Å². The molecular weight excluding hydrogens is 334 g/mol. The average Bonchev–Trinajstić information content (AvgIpc) is 2.64. The normalized spacial score (nSPS) is 11.2. The minimum Gasteiger partial charge on any atom is -0.493 e. The fourth-order valence-electron chi connectivity index (χ4n) is 2.20. The number of hydrogen-bond donors (Lipinski definition) is 2. The first-order valence-electron chi connectivity index (χ1n) is 8.91. The third-order valence-electron chi connectivity index (χ3n) is 3.57. The quantitative estimate of drug-likeness (QED) is 0.270. The monoisotopic (exact) mass is 365 g/mol. The highest BCUT2D eigenvalue weighted by molar-refractivity contribution is 5.80. The predicted molar refractivity (Wildman–Crippen MR) is 103 cm³/mol. The van der Waals surface area contributed by atoms with E-state index in [9.17, 15) is 4.79 Å². The summed E-state index contributed by atoms with van der Waals surface area (Å²) in [5.74, 6) is 1.25. The Bertz CT molecular complexity index is 576. The number of nitrogens with one attached hydrogen (secondary N) is 2. The van der Waals surface area contributed by atoms with Crippen LogP contribution in [0.1, 0.15) is 30.9 Å². The van der Waals surface area contributed by atoms with E-state index in [1.807, 2.05) is 32.0 Å². The van der Waals surface area contributed by atoms with Crippen molar-refractivity contribution in [1.82, 2.24) is 10.6 Å². The maximum absolute atomic E-state index is 11.2. The van der Waals surface area contributed by atoms with Crippen molar-refractivity contribution in [3.8, 4) is 5.75 Å². The van der Waals surface area contributed by atoms with Crippen LogP contribution in [-0.2, 0) is 20.8 Å². The van der Waals surface area contributed by atoms with E-state index in [2.05, 4.69) is 20.4 Å². The topological polar surface area (TPSA) is 81.2 Å². The van der Waals surface area contributed by atoms with Crippen molar-refractivity contribution in [2.75, 3.05) is 40.5 Å². The zero-order valence-corrected chi connectivity index (χ0v) is 16.3. The number of guanidine groups is 1. The van der Waals surface area contributed by atoms with Gasteiger partial charge in [-0.05, 0) is 25.5 Å². The number of methoxy groups -OCH3 is 2. The Hall–Kier alpha value is -2.28. The van der Waals surface area contributed by atoms with E-state index in [-0.39, 0.29) is 5.97 Å². The lowest BCUT2D eigenvalue weighted by atomic mass is 10.1. The Labute approximate surface area is 156 Å². The van der Waals surface area contributed by atoms with E-state index < -0.39 is 0 Å². The molecule has 0 spiro atoms. The molecule has 26 heavy (non-hydrogen) atoms. The molecule has 7 nitrogen and oxygen atoms in total. The van der Waals surface area contributed by atoms with Crippen molar-refractivity contribution in [2.24, 2.45) is 4.99 Å². The summed E-state index contributed by atoms with van der Waals surface area (Å²) in [7, 11) is 3.06. The molecule has 0 saturated carbocycles. The van der Waals surface area contributed by atoms with Crippen molar-refractivity contribution >= 4 is 11.9 Å². The second-order valence-electron chi connectivity index (χ2n) is 5.75. The maximum Gasteiger partial charge on any atom is 0.307 e. The van der Waals surface area contributed by atoms with Gasteiger partial charge in [0.2, 0.25) is 0 Å². The molecule has 0 radical (unpaired) electrons. The molecule has 0 heterocycles. The van der Waals surface area contributed by atoms with E-state index in [0.717, 1.165) is 29.8 Å². The van der Waals surface area contributed by atoms with Crippen LogP contribution in [0.2, 0.25) is 0 Å². The van der Waals surface area contributed by atoms with Crippen LogP contribution in [-0.4, -0.2) is 52.5 Å². The molecule has 0 amide bonds. The minimum absolute atomic E-state index is 0.251. The summed E-state index contributed by atoms with van der Waals surface area (Å²) in [5, 5.41) is 6.29. The summed E-state index contributed by atoms with van der Waals surface area (Å²) in [6, 6.07) is 6.10. The van der Waals surface area contributed by atoms with Gasteiger partial charge in [0.05, 0.1) is 26.7 Å². The lowest BCUT2D eigenvalue weighted by molar-refractivity contribution is -0.140. The number of carbonyl (C=O) groups excluding carboxylic acids is 1. The summed E-state index contributed by atoms with van der Waals surface area (Å²) in [6.45, 7) is 6.99. The number of aliphatic imine (C=N–C) groups is 1. The Morgan fingerprint density at radius 3 is 2.69 bits per heavy atom. The molecule has 0 aliphatic heterocycles. The standard InChI is InChI=1S/C19H31N3O4/c1-5-20-19(21-10-9-18(23)25-4)22-14-16-8-7-15(2)13-17(16)26-12-6-11-24-3/h7-8,13H,5-6,9-12,14H2,1-4H3,(H2,20,21,22). The third kappa shape index (κ3) is 8.71. The first kappa shape index (κ1) is 21.8. The van der Waals surface area contributed by atoms with Crippen LogP contribution in [0.3, 0.4) is 0 Å². The molecule has 1 rings (SSSR count). The second-order valence-corrected chi connectivity index (χ2v) is 5.75. The summed E-state index contributed by atoms with van der Waals surface area (Å²) in [6.07, 6.45) is 1.13. The van der Waals surface area contributed by atoms with Gasteiger partial charge in [0.1, 0.15) is 5.75 Å². The van der Waals surface area contributed by atoms with Crippen molar-refractivity contribution in [2.45, 2.75) is 33.2 Å². The molecule has 0 atom stereocenters. The first-order valence-corrected chi connectivity index (χ1v) is 8.91. The van der Waals surface area contributed by atoms with E-state index >= 15 is 0 Å². The molecule has 0 aliphatic rings. The number of hydrogen-bond acceptors (Lipinski definition) is 5. The van der Waals surface area contributed by atoms with Gasteiger partial charge in [-0.25, -0.2) is 4.99 Å². The SMILES string of the molecule is CCNC(=NCc1ccc(C)cc1OCCCOC)NCCC(=O)OC. The third-order valence-corrected chi connectivity index (χ3v) is 3.57. The molecule has 7 heteroatoms. The average molecular weight is 365 g/mol. The Morgan fingerprint density at radius 2 is 2.00 bits per heavy atom. The Balaban J connectivity index is 2.69. The first-order chi connectivity index (χ1) is 12.6. The molecule has 1 aromatic carbocycles. The molecule has 2 N–H and O–H groups in total. The number of nitrogens with zero attached hydrogens (tertiary/aromatic N) is 1. The van der Waals surface area contributed by atoms with Crippen molar-refractivity contribution in [3.05, 3.63) is 29.3 Å². The number of rotatable bonds is 11. The molecule has 146 valence electrons. The molecule has 0 aromatic heterocycles. The molecule has 0 bridgehead atoms. The van der Waals surface area contributed by atoms with Gasteiger partial charge < -0.3 is 24.8 Å². The number of aryl methyl sites for hydroxylation is 1. The highest BCUT2D eigenvalue weighted by Crippen LogP contribution is 2.21. The molecule has 1 aromatic rings. The Morgan fingerprint density at radius 1 is 1.19 bits per heavy atom. The van der Waals surface area contributed by atoms with E-state index in [4.69, 9.17) is 9.47 Å². The van der Waals surface area contributed by atoms with E-state index in [1.165, 1.54) is 7.11 Å². The Kier molecular flexibility index (Phi) is 10.9. The van der Waals surface area contributed by atoms with Crippen LogP contribution in [0.5, 0.6) is 5.75 Å². The van der Waals surface area contributed by atoms with Gasteiger partial charge in [-0.1, -0.05) is 12.1 Å². The fraction of sp³-hybridized carbons (Fsp3) is 0.579. The summed E-state index contributed by atoms with van der Waals surface area (Å²) < 4.78 is 15.6. The van der Waals surface area contributed by atoms with Crippen LogP contribution in [0, 0.1) is 6.92 Å². The molecule has 0 saturated heterocycles. The lowest BCUT2D eigenvalue weighted by Crippen LogP contribution is -2.38. The molecule has 0 fully saturated rings. The maximum atomic E-state index is 11.2. The van der Waals surface area contributed by atoms with Crippen molar-refractivity contribution in [1.29, 1.82) is 0 Å². The van der Waals surface area contributed by atoms with E-state index in [1.54, 1.807) is 7.11 Å².